The standard InChI is InChI=1S/C16H18F3N3O/c17-16(18,19)13-3-1-2-12(8-13)15-9-14(23)10-22(15)7-6-21-5-4-20-11-21/h1-5,8,11,14-15,23H,6-7,9-10H2/t14-,15-/m1/s1. The van der Waals surface area contributed by atoms with E-state index in [2.05, 4.69) is 4.98 Å². The van der Waals surface area contributed by atoms with E-state index in [1.165, 1.54) is 12.1 Å². The molecule has 0 aliphatic carbocycles. The zero-order valence-corrected chi connectivity index (χ0v) is 12.4. The zero-order chi connectivity index (χ0) is 16.4. The number of alkyl halides is 3. The van der Waals surface area contributed by atoms with Gasteiger partial charge in [0.1, 0.15) is 0 Å². The van der Waals surface area contributed by atoms with Crippen LogP contribution in [-0.2, 0) is 12.7 Å². The van der Waals surface area contributed by atoms with E-state index in [-0.39, 0.29) is 6.04 Å². The highest BCUT2D eigenvalue weighted by molar-refractivity contribution is 5.29. The van der Waals surface area contributed by atoms with Gasteiger partial charge in [-0.05, 0) is 24.1 Å². The minimum absolute atomic E-state index is 0.198. The molecule has 1 fully saturated rings. The number of aliphatic hydroxyl groups excluding tert-OH is 1. The maximum absolute atomic E-state index is 12.9. The van der Waals surface area contributed by atoms with Gasteiger partial charge in [-0.15, -0.1) is 0 Å². The lowest BCUT2D eigenvalue weighted by Gasteiger charge is -2.25. The molecule has 2 aromatic rings. The van der Waals surface area contributed by atoms with E-state index in [9.17, 15) is 18.3 Å². The quantitative estimate of drug-likeness (QED) is 0.940. The van der Waals surface area contributed by atoms with Gasteiger partial charge in [-0.2, -0.15) is 13.2 Å². The van der Waals surface area contributed by atoms with Crippen LogP contribution in [0.3, 0.4) is 0 Å². The summed E-state index contributed by atoms with van der Waals surface area (Å²) in [6.07, 6.45) is 0.804. The van der Waals surface area contributed by atoms with E-state index in [1.807, 2.05) is 15.7 Å². The second-order valence-electron chi connectivity index (χ2n) is 5.82. The summed E-state index contributed by atoms with van der Waals surface area (Å²) < 4.78 is 40.6. The van der Waals surface area contributed by atoms with Crippen LogP contribution >= 0.6 is 0 Å². The Morgan fingerprint density at radius 1 is 1.26 bits per heavy atom. The van der Waals surface area contributed by atoms with Gasteiger partial charge in [0, 0.05) is 38.1 Å². The van der Waals surface area contributed by atoms with Crippen LogP contribution in [-0.4, -0.2) is 38.8 Å². The summed E-state index contributed by atoms with van der Waals surface area (Å²) in [4.78, 5) is 6.00. The first-order valence-electron chi connectivity index (χ1n) is 7.48. The Hall–Kier alpha value is -1.86. The Morgan fingerprint density at radius 3 is 2.78 bits per heavy atom. The maximum atomic E-state index is 12.9. The molecular formula is C16H18F3N3O. The molecule has 3 rings (SSSR count). The van der Waals surface area contributed by atoms with Gasteiger partial charge in [0.05, 0.1) is 18.0 Å². The lowest BCUT2D eigenvalue weighted by Crippen LogP contribution is -2.28. The molecule has 0 amide bonds. The van der Waals surface area contributed by atoms with Gasteiger partial charge >= 0.3 is 6.18 Å². The molecule has 7 heteroatoms. The van der Waals surface area contributed by atoms with Crippen molar-refractivity contribution in [1.29, 1.82) is 0 Å². The summed E-state index contributed by atoms with van der Waals surface area (Å²) in [6.45, 7) is 1.80. The van der Waals surface area contributed by atoms with Crippen molar-refractivity contribution >= 4 is 0 Å². The van der Waals surface area contributed by atoms with Crippen molar-refractivity contribution in [2.75, 3.05) is 13.1 Å². The van der Waals surface area contributed by atoms with Crippen LogP contribution in [0.5, 0.6) is 0 Å². The van der Waals surface area contributed by atoms with E-state index >= 15 is 0 Å². The number of likely N-dealkylation sites (tertiary alicyclic amines) is 1. The lowest BCUT2D eigenvalue weighted by atomic mass is 10.0. The van der Waals surface area contributed by atoms with Crippen molar-refractivity contribution in [2.45, 2.75) is 31.3 Å². The van der Waals surface area contributed by atoms with Gasteiger partial charge < -0.3 is 9.67 Å². The first-order chi connectivity index (χ1) is 10.9. The number of benzene rings is 1. The molecule has 1 saturated heterocycles. The number of β-amino-alcohol motifs (C(OH)–C–C–N with tert-alkyl or cyclic N) is 1. The van der Waals surface area contributed by atoms with Crippen LogP contribution in [0, 0.1) is 0 Å². The average molecular weight is 325 g/mol. The first kappa shape index (κ1) is 16.0. The molecule has 0 unspecified atom stereocenters. The molecule has 2 heterocycles. The van der Waals surface area contributed by atoms with Crippen LogP contribution in [0.4, 0.5) is 13.2 Å². The predicted molar refractivity (Wildman–Crippen MR) is 78.6 cm³/mol. The number of imidazole rings is 1. The van der Waals surface area contributed by atoms with Gasteiger partial charge in [0.25, 0.3) is 0 Å². The van der Waals surface area contributed by atoms with E-state index in [0.29, 0.717) is 31.6 Å². The number of aromatic nitrogens is 2. The molecule has 1 aromatic carbocycles. The van der Waals surface area contributed by atoms with Crippen LogP contribution in [0.25, 0.3) is 0 Å². The van der Waals surface area contributed by atoms with Crippen molar-refractivity contribution in [3.05, 3.63) is 54.1 Å². The van der Waals surface area contributed by atoms with Crippen molar-refractivity contribution < 1.29 is 18.3 Å². The summed E-state index contributed by atoms with van der Waals surface area (Å²) in [6, 6.07) is 5.19. The monoisotopic (exact) mass is 325 g/mol. The first-order valence-corrected chi connectivity index (χ1v) is 7.48. The second kappa shape index (κ2) is 6.33. The fourth-order valence-electron chi connectivity index (χ4n) is 3.06. The van der Waals surface area contributed by atoms with E-state index in [4.69, 9.17) is 0 Å². The summed E-state index contributed by atoms with van der Waals surface area (Å²) in [5.74, 6) is 0. The Labute approximate surface area is 132 Å². The number of nitrogens with zero attached hydrogens (tertiary/aromatic N) is 3. The minimum Gasteiger partial charge on any atom is -0.392 e. The molecule has 0 bridgehead atoms. The molecule has 1 aliphatic heterocycles. The number of halogens is 3. The molecule has 124 valence electrons. The van der Waals surface area contributed by atoms with Crippen molar-refractivity contribution in [3.8, 4) is 0 Å². The highest BCUT2D eigenvalue weighted by atomic mass is 19.4. The molecule has 1 aromatic heterocycles. The predicted octanol–water partition coefficient (Wildman–Crippen LogP) is 2.71. The SMILES string of the molecule is O[C@@H]1C[C@H](c2cccc(C(F)(F)F)c2)N(CCn2ccnc2)C1. The van der Waals surface area contributed by atoms with Crippen LogP contribution < -0.4 is 0 Å². The van der Waals surface area contributed by atoms with Gasteiger partial charge in [-0.25, -0.2) is 4.98 Å². The van der Waals surface area contributed by atoms with Crippen LogP contribution in [0.2, 0.25) is 0 Å². The van der Waals surface area contributed by atoms with Crippen molar-refractivity contribution in [2.24, 2.45) is 0 Å². The smallest absolute Gasteiger partial charge is 0.392 e. The van der Waals surface area contributed by atoms with E-state index in [0.717, 1.165) is 6.07 Å². The second-order valence-corrected chi connectivity index (χ2v) is 5.82. The molecule has 1 N–H and O–H groups in total. The Balaban J connectivity index is 1.76. The maximum Gasteiger partial charge on any atom is 0.416 e. The minimum atomic E-state index is -4.35. The van der Waals surface area contributed by atoms with Gasteiger partial charge in [-0.3, -0.25) is 4.90 Å². The van der Waals surface area contributed by atoms with Crippen LogP contribution in [0.1, 0.15) is 23.6 Å². The molecule has 0 radical (unpaired) electrons. The Kier molecular flexibility index (Phi) is 4.41. The molecule has 23 heavy (non-hydrogen) atoms. The van der Waals surface area contributed by atoms with E-state index in [1.54, 1.807) is 18.6 Å². The molecule has 1 aliphatic rings. The Bertz CT molecular complexity index is 642. The summed E-state index contributed by atoms with van der Waals surface area (Å²) in [5, 5.41) is 9.93. The zero-order valence-electron chi connectivity index (χ0n) is 12.4. The summed E-state index contributed by atoms with van der Waals surface area (Å²) in [7, 11) is 0. The third kappa shape index (κ3) is 3.73. The van der Waals surface area contributed by atoms with Crippen molar-refractivity contribution in [1.82, 2.24) is 14.5 Å². The lowest BCUT2D eigenvalue weighted by molar-refractivity contribution is -0.137. The van der Waals surface area contributed by atoms with E-state index < -0.39 is 17.8 Å². The van der Waals surface area contributed by atoms with Crippen molar-refractivity contribution in [3.63, 3.8) is 0 Å². The Morgan fingerprint density at radius 2 is 2.09 bits per heavy atom. The average Bonchev–Trinajstić information content (AvgIpc) is 3.13. The summed E-state index contributed by atoms with van der Waals surface area (Å²) in [5.41, 5.74) is -0.0482. The highest BCUT2D eigenvalue weighted by Crippen LogP contribution is 2.36. The number of rotatable bonds is 4. The van der Waals surface area contributed by atoms with Gasteiger partial charge in [0.2, 0.25) is 0 Å². The van der Waals surface area contributed by atoms with Crippen LogP contribution in [0.15, 0.2) is 43.0 Å². The number of aliphatic hydroxyl groups is 1. The third-order valence-corrected chi connectivity index (χ3v) is 4.18. The third-order valence-electron chi connectivity index (χ3n) is 4.18. The number of hydrogen-bond acceptors (Lipinski definition) is 3. The summed E-state index contributed by atoms with van der Waals surface area (Å²) >= 11 is 0. The molecule has 2 atom stereocenters. The topological polar surface area (TPSA) is 41.3 Å². The molecule has 4 nitrogen and oxygen atoms in total. The molecule has 0 spiro atoms. The normalized spacial score (nSPS) is 22.6. The highest BCUT2D eigenvalue weighted by Gasteiger charge is 2.34. The largest absolute Gasteiger partial charge is 0.416 e. The fraction of sp³-hybridized carbons (Fsp3) is 0.438. The molecular weight excluding hydrogens is 307 g/mol. The van der Waals surface area contributed by atoms with Gasteiger partial charge in [0.15, 0.2) is 0 Å². The number of hydrogen-bond donors (Lipinski definition) is 1. The fourth-order valence-corrected chi connectivity index (χ4v) is 3.06. The van der Waals surface area contributed by atoms with Gasteiger partial charge in [-0.1, -0.05) is 12.1 Å². The molecule has 0 saturated carbocycles.